The lowest BCUT2D eigenvalue weighted by Crippen LogP contribution is -2.33. The Balaban J connectivity index is 1.34. The summed E-state index contributed by atoms with van der Waals surface area (Å²) in [7, 11) is 0. The zero-order chi connectivity index (χ0) is 18.6. The van der Waals surface area contributed by atoms with Crippen LogP contribution in [0, 0.1) is 0 Å². The quantitative estimate of drug-likeness (QED) is 0.674. The van der Waals surface area contributed by atoms with E-state index in [4.69, 9.17) is 16.0 Å². The lowest BCUT2D eigenvalue weighted by atomic mass is 10.2. The second-order valence-corrected chi connectivity index (χ2v) is 7.52. The minimum atomic E-state index is -0.268. The Morgan fingerprint density at radius 2 is 1.63 bits per heavy atom. The van der Waals surface area contributed by atoms with E-state index in [1.165, 1.54) is 5.56 Å². The van der Waals surface area contributed by atoms with Crippen LogP contribution in [0.2, 0.25) is 5.02 Å². The van der Waals surface area contributed by atoms with Crippen LogP contribution in [0.1, 0.15) is 12.0 Å². The number of fused-ring (bicyclic) bond motifs is 1. The number of oxazole rings is 1. The molecule has 2 heterocycles. The van der Waals surface area contributed by atoms with E-state index in [2.05, 4.69) is 21.9 Å². The average Bonchev–Trinajstić information content (AvgIpc) is 2.83. The van der Waals surface area contributed by atoms with Gasteiger partial charge in [-0.15, -0.1) is 0 Å². The third-order valence-corrected chi connectivity index (χ3v) is 5.47. The number of benzene rings is 2. The molecule has 1 aliphatic rings. The molecule has 27 heavy (non-hydrogen) atoms. The molecule has 0 radical (unpaired) electrons. The first-order valence-corrected chi connectivity index (χ1v) is 9.84. The highest BCUT2D eigenvalue weighted by molar-refractivity contribution is 6.30. The molecule has 0 bridgehead atoms. The molecule has 0 spiro atoms. The molecular formula is C21H24ClN3O2. The summed E-state index contributed by atoms with van der Waals surface area (Å²) in [6.07, 6.45) is 1.13. The minimum absolute atomic E-state index is 0.268. The lowest BCUT2D eigenvalue weighted by Gasteiger charge is -2.22. The van der Waals surface area contributed by atoms with E-state index in [0.717, 1.165) is 56.2 Å². The Morgan fingerprint density at radius 3 is 2.48 bits per heavy atom. The van der Waals surface area contributed by atoms with Gasteiger partial charge in [-0.3, -0.25) is 9.47 Å². The SMILES string of the molecule is O=c1oc2ccccc2n1CCN1CCCN(Cc2ccc(Cl)cc2)CC1. The van der Waals surface area contributed by atoms with E-state index in [-0.39, 0.29) is 5.76 Å². The van der Waals surface area contributed by atoms with Crippen LogP contribution in [0.25, 0.3) is 11.1 Å². The van der Waals surface area contributed by atoms with E-state index in [9.17, 15) is 4.79 Å². The highest BCUT2D eigenvalue weighted by Gasteiger charge is 2.16. The second-order valence-electron chi connectivity index (χ2n) is 7.09. The van der Waals surface area contributed by atoms with E-state index in [1.807, 2.05) is 36.4 Å². The van der Waals surface area contributed by atoms with Crippen LogP contribution in [0.3, 0.4) is 0 Å². The Bertz CT molecular complexity index is 948. The van der Waals surface area contributed by atoms with E-state index in [0.29, 0.717) is 12.1 Å². The highest BCUT2D eigenvalue weighted by Crippen LogP contribution is 2.14. The van der Waals surface area contributed by atoms with Crippen molar-refractivity contribution in [3.8, 4) is 0 Å². The summed E-state index contributed by atoms with van der Waals surface area (Å²) in [5.74, 6) is -0.268. The molecule has 6 heteroatoms. The van der Waals surface area contributed by atoms with Crippen molar-refractivity contribution in [2.45, 2.75) is 19.5 Å². The van der Waals surface area contributed by atoms with Gasteiger partial charge in [-0.1, -0.05) is 35.9 Å². The van der Waals surface area contributed by atoms with Crippen molar-refractivity contribution in [2.24, 2.45) is 0 Å². The van der Waals surface area contributed by atoms with Gasteiger partial charge in [0.05, 0.1) is 5.52 Å². The zero-order valence-corrected chi connectivity index (χ0v) is 16.1. The number of para-hydroxylation sites is 2. The first-order valence-electron chi connectivity index (χ1n) is 9.46. The van der Waals surface area contributed by atoms with Crippen LogP contribution in [0.5, 0.6) is 0 Å². The van der Waals surface area contributed by atoms with Crippen molar-refractivity contribution in [2.75, 3.05) is 32.7 Å². The fraction of sp³-hybridized carbons (Fsp3) is 0.381. The van der Waals surface area contributed by atoms with Crippen molar-refractivity contribution >= 4 is 22.7 Å². The number of halogens is 1. The standard InChI is InChI=1S/C21H24ClN3O2/c22-18-8-6-17(7-9-18)16-24-11-3-10-23(12-13-24)14-15-25-19-4-1-2-5-20(19)27-21(25)26/h1-2,4-9H,3,10-16H2. The van der Waals surface area contributed by atoms with Gasteiger partial charge >= 0.3 is 5.76 Å². The number of hydrogen-bond donors (Lipinski definition) is 0. The number of nitrogens with zero attached hydrogens (tertiary/aromatic N) is 3. The summed E-state index contributed by atoms with van der Waals surface area (Å²) in [6, 6.07) is 15.7. The Kier molecular flexibility index (Phi) is 5.62. The maximum atomic E-state index is 12.1. The summed E-state index contributed by atoms with van der Waals surface area (Å²) in [5, 5.41) is 0.780. The topological polar surface area (TPSA) is 41.6 Å². The molecule has 1 aliphatic heterocycles. The molecular weight excluding hydrogens is 362 g/mol. The minimum Gasteiger partial charge on any atom is -0.408 e. The molecule has 0 unspecified atom stereocenters. The molecule has 0 saturated carbocycles. The van der Waals surface area contributed by atoms with Gasteiger partial charge in [-0.25, -0.2) is 4.79 Å². The normalized spacial score (nSPS) is 16.6. The third kappa shape index (κ3) is 4.43. The fourth-order valence-electron chi connectivity index (χ4n) is 3.72. The molecule has 3 aromatic rings. The number of rotatable bonds is 5. The molecule has 142 valence electrons. The Hall–Kier alpha value is -2.08. The molecule has 1 saturated heterocycles. The Labute approximate surface area is 163 Å². The number of aromatic nitrogens is 1. The lowest BCUT2D eigenvalue weighted by molar-refractivity contribution is 0.245. The van der Waals surface area contributed by atoms with Gasteiger partial charge in [0.15, 0.2) is 5.58 Å². The largest absolute Gasteiger partial charge is 0.419 e. The fourth-order valence-corrected chi connectivity index (χ4v) is 3.85. The van der Waals surface area contributed by atoms with Crippen molar-refractivity contribution in [1.29, 1.82) is 0 Å². The molecule has 0 amide bonds. The van der Waals surface area contributed by atoms with Crippen molar-refractivity contribution in [3.05, 3.63) is 69.7 Å². The van der Waals surface area contributed by atoms with Gasteiger partial charge < -0.3 is 9.32 Å². The molecule has 0 N–H and O–H groups in total. The van der Waals surface area contributed by atoms with Gasteiger partial charge in [-0.2, -0.15) is 0 Å². The maximum Gasteiger partial charge on any atom is 0.419 e. The predicted molar refractivity (Wildman–Crippen MR) is 108 cm³/mol. The summed E-state index contributed by atoms with van der Waals surface area (Å²) < 4.78 is 7.07. The van der Waals surface area contributed by atoms with Crippen molar-refractivity contribution in [1.82, 2.24) is 14.4 Å². The summed E-state index contributed by atoms with van der Waals surface area (Å²) in [6.45, 7) is 6.67. The molecule has 1 aromatic heterocycles. The Morgan fingerprint density at radius 1 is 0.889 bits per heavy atom. The van der Waals surface area contributed by atoms with Crippen LogP contribution >= 0.6 is 11.6 Å². The summed E-state index contributed by atoms with van der Waals surface area (Å²) in [4.78, 5) is 17.0. The molecule has 0 atom stereocenters. The maximum absolute atomic E-state index is 12.1. The summed E-state index contributed by atoms with van der Waals surface area (Å²) in [5.41, 5.74) is 2.83. The third-order valence-electron chi connectivity index (χ3n) is 5.21. The predicted octanol–water partition coefficient (Wildman–Crippen LogP) is 3.46. The van der Waals surface area contributed by atoms with Crippen molar-refractivity contribution < 1.29 is 4.42 Å². The van der Waals surface area contributed by atoms with E-state index >= 15 is 0 Å². The highest BCUT2D eigenvalue weighted by atomic mass is 35.5. The molecule has 0 aliphatic carbocycles. The monoisotopic (exact) mass is 385 g/mol. The second kappa shape index (κ2) is 8.30. The average molecular weight is 386 g/mol. The first kappa shape index (κ1) is 18.3. The van der Waals surface area contributed by atoms with Crippen LogP contribution in [0.15, 0.2) is 57.7 Å². The van der Waals surface area contributed by atoms with Crippen LogP contribution < -0.4 is 5.76 Å². The van der Waals surface area contributed by atoms with Crippen molar-refractivity contribution in [3.63, 3.8) is 0 Å². The zero-order valence-electron chi connectivity index (χ0n) is 15.3. The van der Waals surface area contributed by atoms with Gasteiger partial charge in [0.2, 0.25) is 0 Å². The van der Waals surface area contributed by atoms with E-state index < -0.39 is 0 Å². The van der Waals surface area contributed by atoms with Gasteiger partial charge in [-0.05, 0) is 49.3 Å². The molecule has 2 aromatic carbocycles. The molecule has 1 fully saturated rings. The summed E-state index contributed by atoms with van der Waals surface area (Å²) >= 11 is 5.97. The van der Waals surface area contributed by atoms with Gasteiger partial charge in [0, 0.05) is 37.7 Å². The number of hydrogen-bond acceptors (Lipinski definition) is 4. The smallest absolute Gasteiger partial charge is 0.408 e. The first-order chi connectivity index (χ1) is 13.2. The molecule has 5 nitrogen and oxygen atoms in total. The van der Waals surface area contributed by atoms with Crippen LogP contribution in [0.4, 0.5) is 0 Å². The molecule has 4 rings (SSSR count). The van der Waals surface area contributed by atoms with Gasteiger partial charge in [0.25, 0.3) is 0 Å². The van der Waals surface area contributed by atoms with Crippen LogP contribution in [-0.2, 0) is 13.1 Å². The van der Waals surface area contributed by atoms with Crippen LogP contribution in [-0.4, -0.2) is 47.1 Å². The van der Waals surface area contributed by atoms with Gasteiger partial charge in [0.1, 0.15) is 0 Å². The van der Waals surface area contributed by atoms with E-state index in [1.54, 1.807) is 4.57 Å².